The lowest BCUT2D eigenvalue weighted by Gasteiger charge is -2.26. The normalized spacial score (nSPS) is 13.4. The molecule has 2 aliphatic rings. The number of aromatic nitrogens is 10. The van der Waals surface area contributed by atoms with Gasteiger partial charge in [0.2, 0.25) is 0 Å². The molecular formula is C94H101N11. The van der Waals surface area contributed by atoms with Gasteiger partial charge in [0.25, 0.3) is 0 Å². The van der Waals surface area contributed by atoms with Gasteiger partial charge in [-0.2, -0.15) is 0 Å². The highest BCUT2D eigenvalue weighted by molar-refractivity contribution is 6.18. The fraction of sp³-hybridized carbons (Fsp3) is 0.340. The van der Waals surface area contributed by atoms with Gasteiger partial charge in [-0.25, -0.2) is 39.9 Å². The number of hydrogen-bond donors (Lipinski definition) is 3. The topological polar surface area (TPSA) is 161 Å². The summed E-state index contributed by atoms with van der Waals surface area (Å²) < 4.78 is 0. The first kappa shape index (κ1) is 70.4. The molecule has 0 unspecified atom stereocenters. The SMILES string of the molecule is CC(C)(C)c1cc(-c2c3nc(c(-c4cc(C(C)(C)C)cc(C(C)(C)C)c4)c4[nH]c(c(-c5cc(C(C)(C)C)cc(C(C)(C)C)c5)c5nc(c(-c6cc(C(C)(C)C)cc(C(C)(C)C)c6)c6[nH]c2cc6N)-c2nc6ccccc6nc2-5)c2nc5ccccc5nc42)-c2nc4ccccc4nc2-3)cc(C(C)(C)C)c1. The molecule has 8 bridgehead atoms. The number of anilines is 1. The Hall–Kier alpha value is -10.3. The fourth-order valence-corrected chi connectivity index (χ4v) is 14.7. The van der Waals surface area contributed by atoms with E-state index in [0.717, 1.165) is 83.1 Å². The maximum Gasteiger partial charge on any atom is 0.118 e. The molecule has 8 heterocycles. The van der Waals surface area contributed by atoms with Gasteiger partial charge in [0.1, 0.15) is 56.6 Å². The zero-order chi connectivity index (χ0) is 75.1. The lowest BCUT2D eigenvalue weighted by Crippen LogP contribution is -2.16. The van der Waals surface area contributed by atoms with E-state index in [4.69, 9.17) is 45.6 Å². The van der Waals surface area contributed by atoms with Gasteiger partial charge in [-0.15, -0.1) is 0 Å². The summed E-state index contributed by atoms with van der Waals surface area (Å²) in [5.74, 6) is 0. The van der Waals surface area contributed by atoms with E-state index in [1.54, 1.807) is 0 Å². The van der Waals surface area contributed by atoms with Crippen molar-refractivity contribution in [2.24, 2.45) is 0 Å². The molecule has 0 radical (unpaired) electrons. The first-order chi connectivity index (χ1) is 48.9. The Morgan fingerprint density at radius 2 is 0.448 bits per heavy atom. The van der Waals surface area contributed by atoms with E-state index in [-0.39, 0.29) is 43.3 Å². The third kappa shape index (κ3) is 12.5. The molecule has 6 aromatic heterocycles. The largest absolute Gasteiger partial charge is 0.397 e. The molecule has 532 valence electrons. The second-order valence-electron chi connectivity index (χ2n) is 37.9. The smallest absolute Gasteiger partial charge is 0.118 e. The van der Waals surface area contributed by atoms with Crippen LogP contribution in [-0.4, -0.2) is 49.8 Å². The molecular weight excluding hydrogens is 1280 g/mol. The van der Waals surface area contributed by atoms with Crippen molar-refractivity contribution in [3.05, 3.63) is 196 Å². The fourth-order valence-electron chi connectivity index (χ4n) is 14.7. The Morgan fingerprint density at radius 3 is 0.695 bits per heavy atom. The first-order valence-corrected chi connectivity index (χ1v) is 37.4. The van der Waals surface area contributed by atoms with Crippen molar-refractivity contribution in [1.29, 1.82) is 0 Å². The zero-order valence-corrected chi connectivity index (χ0v) is 66.1. The zero-order valence-electron chi connectivity index (χ0n) is 66.1. The van der Waals surface area contributed by atoms with E-state index in [9.17, 15) is 0 Å². The van der Waals surface area contributed by atoms with E-state index in [1.165, 1.54) is 44.5 Å². The Balaban J connectivity index is 1.33. The van der Waals surface area contributed by atoms with Gasteiger partial charge in [-0.3, -0.25) is 0 Å². The molecule has 11 nitrogen and oxygen atoms in total. The van der Waals surface area contributed by atoms with Gasteiger partial charge in [0.15, 0.2) is 0 Å². The molecule has 0 amide bonds. The van der Waals surface area contributed by atoms with Crippen molar-refractivity contribution in [3.63, 3.8) is 0 Å². The third-order valence-corrected chi connectivity index (χ3v) is 21.4. The molecule has 7 aromatic carbocycles. The van der Waals surface area contributed by atoms with Gasteiger partial charge < -0.3 is 15.7 Å². The Labute approximate surface area is 619 Å². The molecule has 0 spiro atoms. The third-order valence-electron chi connectivity index (χ3n) is 21.4. The van der Waals surface area contributed by atoms with Crippen LogP contribution in [0.3, 0.4) is 0 Å². The van der Waals surface area contributed by atoms with Crippen molar-refractivity contribution in [2.45, 2.75) is 209 Å². The maximum atomic E-state index is 8.04. The quantitative estimate of drug-likeness (QED) is 0.156. The van der Waals surface area contributed by atoms with Crippen LogP contribution in [-0.2, 0) is 43.3 Å². The van der Waals surface area contributed by atoms with Crippen LogP contribution in [0, 0.1) is 0 Å². The summed E-state index contributed by atoms with van der Waals surface area (Å²) in [6, 6.07) is 55.1. The van der Waals surface area contributed by atoms with Gasteiger partial charge in [-0.05, 0) is 153 Å². The molecule has 0 aliphatic carbocycles. The highest BCUT2D eigenvalue weighted by Crippen LogP contribution is 2.53. The van der Waals surface area contributed by atoms with E-state index < -0.39 is 0 Å². The molecule has 0 saturated carbocycles. The summed E-state index contributed by atoms with van der Waals surface area (Å²) >= 11 is 0. The van der Waals surface area contributed by atoms with Gasteiger partial charge in [0, 0.05) is 22.3 Å². The van der Waals surface area contributed by atoms with Crippen LogP contribution in [0.25, 0.3) is 156 Å². The second-order valence-corrected chi connectivity index (χ2v) is 37.9. The molecule has 2 aliphatic heterocycles. The van der Waals surface area contributed by atoms with Crippen LogP contribution in [0.2, 0.25) is 0 Å². The maximum absolute atomic E-state index is 8.04. The molecule has 15 rings (SSSR count). The number of aromatic amines is 2. The van der Waals surface area contributed by atoms with Crippen molar-refractivity contribution in [3.8, 4) is 90.1 Å². The molecule has 105 heavy (non-hydrogen) atoms. The number of rotatable bonds is 4. The number of H-pyrrole nitrogens is 2. The van der Waals surface area contributed by atoms with Crippen LogP contribution >= 0.6 is 0 Å². The number of hydrogen-bond acceptors (Lipinski definition) is 9. The number of nitrogen functional groups attached to an aromatic ring is 1. The van der Waals surface area contributed by atoms with Gasteiger partial charge >= 0.3 is 0 Å². The van der Waals surface area contributed by atoms with Crippen LogP contribution < -0.4 is 5.73 Å². The van der Waals surface area contributed by atoms with Crippen molar-refractivity contribution >= 4 is 71.9 Å². The first-order valence-electron chi connectivity index (χ1n) is 37.4. The number of benzene rings is 7. The van der Waals surface area contributed by atoms with Crippen LogP contribution in [0.5, 0.6) is 0 Å². The number of para-hydroxylation sites is 6. The van der Waals surface area contributed by atoms with Gasteiger partial charge in [0.05, 0.1) is 60.9 Å². The number of fused-ring (bicyclic) bond motifs is 20. The second kappa shape index (κ2) is 23.9. The van der Waals surface area contributed by atoms with Crippen LogP contribution in [0.1, 0.15) is 211 Å². The summed E-state index contributed by atoms with van der Waals surface area (Å²) in [7, 11) is 0. The summed E-state index contributed by atoms with van der Waals surface area (Å²) in [6.07, 6.45) is 0. The Kier molecular flexibility index (Phi) is 16.0. The minimum Gasteiger partial charge on any atom is -0.397 e. The minimum absolute atomic E-state index is 0.270. The summed E-state index contributed by atoms with van der Waals surface area (Å²) in [4.78, 5) is 56.3. The lowest BCUT2D eigenvalue weighted by molar-refractivity contribution is 0.568. The Morgan fingerprint density at radius 1 is 0.229 bits per heavy atom. The molecule has 13 aromatic rings. The van der Waals surface area contributed by atoms with Gasteiger partial charge in [-0.1, -0.05) is 275 Å². The van der Waals surface area contributed by atoms with Crippen molar-refractivity contribution in [1.82, 2.24) is 49.8 Å². The predicted molar refractivity (Wildman–Crippen MR) is 442 cm³/mol. The number of nitrogens with one attached hydrogen (secondary N) is 2. The van der Waals surface area contributed by atoms with Crippen LogP contribution in [0.15, 0.2) is 152 Å². The van der Waals surface area contributed by atoms with E-state index in [0.29, 0.717) is 78.8 Å². The average Bonchev–Trinajstić information content (AvgIpc) is 1.56. The van der Waals surface area contributed by atoms with Crippen molar-refractivity contribution < 1.29 is 0 Å². The number of nitrogens with zero attached hydrogens (tertiary/aromatic N) is 8. The molecule has 4 N–H and O–H groups in total. The standard InChI is InChI=1S/C94H101N11/c1-87(2,3)54-37-50(38-55(45-54)88(4,5)6)70-69-49-62(95)74(102-69)71(51-39-56(89(7,8)9)46-57(40-51)90(10,11)12)76-82-84(99-66-34-28-27-33-65(66)97-82)78(104-76)73(53-43-60(93(19,20)21)48-61(44-53)94(22,23)24)80-86-85(100-67-35-29-30-36-68(67)101-86)79(105-80)72(52-41-58(91(13,14)15)47-59(42-52)92(16,17)18)77-83-81(75(70)103-77)96-63-31-25-26-32-64(63)98-83/h25-49,102,105H,95H2,1-24H3. The molecule has 0 atom stereocenters. The monoisotopic (exact) mass is 1380 g/mol. The van der Waals surface area contributed by atoms with Crippen LogP contribution in [0.4, 0.5) is 5.69 Å². The number of nitrogens with two attached hydrogens (primary N) is 1. The summed E-state index contributed by atoms with van der Waals surface area (Å²) in [5, 5.41) is 0. The van der Waals surface area contributed by atoms with E-state index >= 15 is 0 Å². The Bertz CT molecular complexity index is 5870. The summed E-state index contributed by atoms with van der Waals surface area (Å²) in [5.41, 5.74) is 36.2. The molecule has 11 heteroatoms. The average molecular weight is 1380 g/mol. The molecule has 0 saturated heterocycles. The predicted octanol–water partition coefficient (Wildman–Crippen LogP) is 24.6. The minimum atomic E-state index is -0.293. The van der Waals surface area contributed by atoms with E-state index in [2.05, 4.69) is 291 Å². The molecule has 0 fully saturated rings. The highest BCUT2D eigenvalue weighted by Gasteiger charge is 2.37. The van der Waals surface area contributed by atoms with E-state index in [1.807, 2.05) is 36.4 Å². The lowest BCUT2D eigenvalue weighted by atomic mass is 9.78. The summed E-state index contributed by atoms with van der Waals surface area (Å²) in [6.45, 7) is 55.1. The van der Waals surface area contributed by atoms with Crippen molar-refractivity contribution in [2.75, 3.05) is 5.73 Å². The highest BCUT2D eigenvalue weighted by atomic mass is 15.0.